The Bertz CT molecular complexity index is 846. The van der Waals surface area contributed by atoms with Gasteiger partial charge in [-0.05, 0) is 48.9 Å². The van der Waals surface area contributed by atoms with Crippen molar-refractivity contribution < 1.29 is 32.9 Å². The minimum absolute atomic E-state index is 0.00980. The fraction of sp³-hybridized carbons (Fsp3) is 0.667. The van der Waals surface area contributed by atoms with Crippen molar-refractivity contribution in [3.63, 3.8) is 0 Å². The molecule has 3 N–H and O–H groups in total. The van der Waals surface area contributed by atoms with Crippen LogP contribution < -0.4 is 5.32 Å². The molecule has 1 fully saturated rings. The van der Waals surface area contributed by atoms with E-state index in [4.69, 9.17) is 14.9 Å². The number of nitrogens with one attached hydrogen (secondary N) is 1. The third-order valence-electron chi connectivity index (χ3n) is 6.53. The van der Waals surface area contributed by atoms with Crippen LogP contribution in [0.5, 0.6) is 0 Å². The molecule has 204 valence electrons. The molecule has 1 saturated heterocycles. The standard InChI is InChI=1S/C21H25F3N2O2.C4H10O2.C2H6/c22-21(23,24)17-3-1-14-5-8-26(13-16(14)11-17)20(27)15-2-4-19(12-15)25-18-6-9-28-10-7-18;1-3(2)4(5)6;1-2/h1-4,11,15,18-19,25H,5-10,12-13H2;3-6H,1-2H3;1-2H3/t15-,19?;;/m0../s1. The predicted molar refractivity (Wildman–Crippen MR) is 133 cm³/mol. The molecule has 1 aromatic carbocycles. The fourth-order valence-electron chi connectivity index (χ4n) is 4.33. The van der Waals surface area contributed by atoms with E-state index in [0.29, 0.717) is 31.0 Å². The number of hydrogen-bond donors (Lipinski definition) is 3. The highest BCUT2D eigenvalue weighted by Crippen LogP contribution is 2.33. The highest BCUT2D eigenvalue weighted by molar-refractivity contribution is 5.81. The number of fused-ring (bicyclic) bond motifs is 1. The lowest BCUT2D eigenvalue weighted by Gasteiger charge is -2.31. The van der Waals surface area contributed by atoms with Crippen molar-refractivity contribution >= 4 is 5.91 Å². The summed E-state index contributed by atoms with van der Waals surface area (Å²) in [7, 11) is 0. The van der Waals surface area contributed by atoms with Crippen LogP contribution in [0, 0.1) is 11.8 Å². The van der Waals surface area contributed by atoms with E-state index >= 15 is 0 Å². The number of aliphatic hydroxyl groups excluding tert-OH is 1. The van der Waals surface area contributed by atoms with Gasteiger partial charge in [-0.2, -0.15) is 13.2 Å². The van der Waals surface area contributed by atoms with Crippen molar-refractivity contribution in [1.82, 2.24) is 10.2 Å². The van der Waals surface area contributed by atoms with Crippen molar-refractivity contribution in [3.8, 4) is 0 Å². The van der Waals surface area contributed by atoms with Crippen molar-refractivity contribution in [2.45, 2.75) is 84.5 Å². The highest BCUT2D eigenvalue weighted by Gasteiger charge is 2.34. The summed E-state index contributed by atoms with van der Waals surface area (Å²) in [4.78, 5) is 14.6. The Kier molecular flexibility index (Phi) is 11.9. The molecule has 0 spiro atoms. The lowest BCUT2D eigenvalue weighted by Crippen LogP contribution is -2.42. The van der Waals surface area contributed by atoms with Crippen LogP contribution in [0.4, 0.5) is 13.2 Å². The Morgan fingerprint density at radius 1 is 1.11 bits per heavy atom. The topological polar surface area (TPSA) is 82.0 Å². The molecule has 4 rings (SSSR count). The number of nitrogens with zero attached hydrogens (tertiary/aromatic N) is 1. The Morgan fingerprint density at radius 3 is 2.33 bits per heavy atom. The molecule has 0 aromatic heterocycles. The first-order valence-corrected chi connectivity index (χ1v) is 12.9. The molecule has 6 nitrogen and oxygen atoms in total. The molecule has 3 aliphatic rings. The van der Waals surface area contributed by atoms with Crippen LogP contribution in [0.1, 0.15) is 63.6 Å². The number of hydrogen-bond acceptors (Lipinski definition) is 5. The first-order chi connectivity index (χ1) is 17.0. The Hall–Kier alpha value is -1.94. The van der Waals surface area contributed by atoms with E-state index in [9.17, 15) is 18.0 Å². The van der Waals surface area contributed by atoms with Crippen LogP contribution in [0.3, 0.4) is 0 Å². The second-order valence-corrected chi connectivity index (χ2v) is 9.54. The highest BCUT2D eigenvalue weighted by atomic mass is 19.4. The summed E-state index contributed by atoms with van der Waals surface area (Å²) < 4.78 is 44.3. The number of ether oxygens (including phenoxy) is 1. The van der Waals surface area contributed by atoms with Crippen molar-refractivity contribution in [2.75, 3.05) is 19.8 Å². The zero-order chi connectivity index (χ0) is 26.9. The Morgan fingerprint density at radius 2 is 1.75 bits per heavy atom. The number of halogens is 3. The van der Waals surface area contributed by atoms with E-state index in [1.165, 1.54) is 6.07 Å². The zero-order valence-electron chi connectivity index (χ0n) is 21.7. The van der Waals surface area contributed by atoms with E-state index in [-0.39, 0.29) is 30.3 Å². The number of carbonyl (C=O) groups excluding carboxylic acids is 1. The van der Waals surface area contributed by atoms with E-state index in [2.05, 4.69) is 11.4 Å². The molecule has 2 heterocycles. The average Bonchev–Trinajstić information content (AvgIpc) is 3.33. The largest absolute Gasteiger partial charge is 0.416 e. The SMILES string of the molecule is CC.CC(C)C(O)O.O=C([C@H]1C=CC(NC2CCOCC2)C1)N1CCc2ccc(C(F)(F)F)cc2C1. The minimum Gasteiger partial charge on any atom is -0.381 e. The number of rotatable bonds is 4. The molecule has 1 unspecified atom stereocenters. The molecule has 9 heteroatoms. The quantitative estimate of drug-likeness (QED) is 0.413. The van der Waals surface area contributed by atoms with Gasteiger partial charge in [-0.15, -0.1) is 0 Å². The number of aliphatic hydroxyl groups is 2. The molecule has 0 saturated carbocycles. The predicted octanol–water partition coefficient (Wildman–Crippen LogP) is 4.28. The molecule has 1 aliphatic carbocycles. The smallest absolute Gasteiger partial charge is 0.381 e. The summed E-state index contributed by atoms with van der Waals surface area (Å²) in [5.41, 5.74) is 0.855. The minimum atomic E-state index is -4.36. The molecule has 1 aromatic rings. The molecule has 36 heavy (non-hydrogen) atoms. The third-order valence-corrected chi connectivity index (χ3v) is 6.53. The van der Waals surface area contributed by atoms with Crippen LogP contribution in [-0.4, -0.2) is 59.2 Å². The summed E-state index contributed by atoms with van der Waals surface area (Å²) in [5, 5.41) is 20.0. The molecule has 0 radical (unpaired) electrons. The van der Waals surface area contributed by atoms with Gasteiger partial charge in [-0.3, -0.25) is 4.79 Å². The maximum absolute atomic E-state index is 13.0. The van der Waals surface area contributed by atoms with Gasteiger partial charge >= 0.3 is 6.18 Å². The van der Waals surface area contributed by atoms with E-state index in [1.807, 2.05) is 19.9 Å². The number of carbonyl (C=O) groups is 1. The summed E-state index contributed by atoms with van der Waals surface area (Å²) in [6, 6.07) is 4.45. The normalized spacial score (nSPS) is 22.0. The summed E-state index contributed by atoms with van der Waals surface area (Å²) in [6.45, 7) is 9.82. The van der Waals surface area contributed by atoms with Crippen molar-refractivity contribution in [1.29, 1.82) is 0 Å². The second kappa shape index (κ2) is 14.1. The lowest BCUT2D eigenvalue weighted by atomic mass is 9.95. The summed E-state index contributed by atoms with van der Waals surface area (Å²) >= 11 is 0. The molecule has 2 atom stereocenters. The Balaban J connectivity index is 0.000000502. The molecule has 1 amide bonds. The fourth-order valence-corrected chi connectivity index (χ4v) is 4.33. The molecular weight excluding hydrogens is 473 g/mol. The van der Waals surface area contributed by atoms with E-state index < -0.39 is 18.0 Å². The number of benzene rings is 1. The van der Waals surface area contributed by atoms with Gasteiger partial charge in [-0.1, -0.05) is 45.9 Å². The maximum atomic E-state index is 13.0. The van der Waals surface area contributed by atoms with Crippen LogP contribution in [0.15, 0.2) is 30.4 Å². The van der Waals surface area contributed by atoms with Crippen LogP contribution in [-0.2, 0) is 28.7 Å². The van der Waals surface area contributed by atoms with Gasteiger partial charge in [0, 0.05) is 44.3 Å². The van der Waals surface area contributed by atoms with Crippen LogP contribution >= 0.6 is 0 Å². The van der Waals surface area contributed by atoms with Gasteiger partial charge in [0.2, 0.25) is 5.91 Å². The van der Waals surface area contributed by atoms with Crippen molar-refractivity contribution in [2.24, 2.45) is 11.8 Å². The van der Waals surface area contributed by atoms with Gasteiger partial charge in [0.15, 0.2) is 6.29 Å². The maximum Gasteiger partial charge on any atom is 0.416 e. The summed E-state index contributed by atoms with van der Waals surface area (Å²) in [6.07, 6.45) is 1.75. The first-order valence-electron chi connectivity index (χ1n) is 12.9. The van der Waals surface area contributed by atoms with Gasteiger partial charge < -0.3 is 25.2 Å². The van der Waals surface area contributed by atoms with Gasteiger partial charge in [-0.25, -0.2) is 0 Å². The molecule has 0 bridgehead atoms. The molecular formula is C27H41F3N2O4. The first kappa shape index (κ1) is 30.3. The van der Waals surface area contributed by atoms with E-state index in [0.717, 1.165) is 37.7 Å². The van der Waals surface area contributed by atoms with Crippen LogP contribution in [0.25, 0.3) is 0 Å². The van der Waals surface area contributed by atoms with Crippen LogP contribution in [0.2, 0.25) is 0 Å². The number of amides is 1. The second-order valence-electron chi connectivity index (χ2n) is 9.54. The van der Waals surface area contributed by atoms with E-state index in [1.54, 1.807) is 24.8 Å². The average molecular weight is 515 g/mol. The van der Waals surface area contributed by atoms with Gasteiger partial charge in [0.05, 0.1) is 11.5 Å². The monoisotopic (exact) mass is 514 g/mol. The summed E-state index contributed by atoms with van der Waals surface area (Å²) in [5.74, 6) is -0.231. The molecule has 2 aliphatic heterocycles. The van der Waals surface area contributed by atoms with Gasteiger partial charge in [0.1, 0.15) is 0 Å². The lowest BCUT2D eigenvalue weighted by molar-refractivity contribution is -0.137. The zero-order valence-corrected chi connectivity index (χ0v) is 21.7. The van der Waals surface area contributed by atoms with Gasteiger partial charge in [0.25, 0.3) is 0 Å². The van der Waals surface area contributed by atoms with Crippen molar-refractivity contribution in [3.05, 3.63) is 47.0 Å². The Labute approximate surface area is 212 Å². The number of alkyl halides is 3. The third kappa shape index (κ3) is 8.87.